The number of nitrogens with zero attached hydrogens (tertiary/aromatic N) is 3. The van der Waals surface area contributed by atoms with Gasteiger partial charge in [0.15, 0.2) is 11.5 Å². The summed E-state index contributed by atoms with van der Waals surface area (Å²) >= 11 is 6.07. The van der Waals surface area contributed by atoms with Crippen molar-refractivity contribution in [3.63, 3.8) is 0 Å². The molecule has 1 saturated heterocycles. The van der Waals surface area contributed by atoms with Crippen LogP contribution in [0.1, 0.15) is 12.8 Å². The van der Waals surface area contributed by atoms with Crippen molar-refractivity contribution < 1.29 is 19.4 Å². The molecule has 0 unspecified atom stereocenters. The van der Waals surface area contributed by atoms with E-state index in [1.54, 1.807) is 19.2 Å². The van der Waals surface area contributed by atoms with Gasteiger partial charge in [0.1, 0.15) is 17.6 Å². The van der Waals surface area contributed by atoms with E-state index in [1.165, 1.54) is 11.2 Å². The average molecular weight is 338 g/mol. The molecule has 1 aliphatic heterocycles. The smallest absolute Gasteiger partial charge is 0.407 e. The van der Waals surface area contributed by atoms with Gasteiger partial charge < -0.3 is 19.5 Å². The Kier molecular flexibility index (Phi) is 4.38. The number of amides is 1. The maximum absolute atomic E-state index is 10.9. The van der Waals surface area contributed by atoms with Crippen LogP contribution in [0.4, 0.5) is 4.79 Å². The number of halogens is 1. The SMILES string of the molecule is COc1cc2c(Cl)ncnc2cc1OC1CCN(C(=O)O)CC1. The second-order valence-electron chi connectivity index (χ2n) is 5.27. The van der Waals surface area contributed by atoms with E-state index in [0.717, 1.165) is 0 Å². The van der Waals surface area contributed by atoms with Gasteiger partial charge >= 0.3 is 6.09 Å². The minimum absolute atomic E-state index is 0.0609. The van der Waals surface area contributed by atoms with Gasteiger partial charge in [-0.15, -0.1) is 0 Å². The Hall–Kier alpha value is -2.28. The number of hydrogen-bond acceptors (Lipinski definition) is 5. The first-order valence-corrected chi connectivity index (χ1v) is 7.59. The highest BCUT2D eigenvalue weighted by atomic mass is 35.5. The molecule has 0 bridgehead atoms. The molecule has 7 nitrogen and oxygen atoms in total. The van der Waals surface area contributed by atoms with E-state index >= 15 is 0 Å². The Bertz CT molecular complexity index is 732. The number of ether oxygens (including phenoxy) is 2. The molecule has 0 spiro atoms. The number of rotatable bonds is 3. The minimum Gasteiger partial charge on any atom is -0.493 e. The zero-order valence-electron chi connectivity index (χ0n) is 12.5. The van der Waals surface area contributed by atoms with E-state index in [1.807, 2.05) is 0 Å². The molecule has 0 radical (unpaired) electrons. The lowest BCUT2D eigenvalue weighted by Crippen LogP contribution is -2.41. The summed E-state index contributed by atoms with van der Waals surface area (Å²) in [4.78, 5) is 20.5. The summed E-state index contributed by atoms with van der Waals surface area (Å²) < 4.78 is 11.4. The summed E-state index contributed by atoms with van der Waals surface area (Å²) in [6.45, 7) is 0.924. The standard InChI is InChI=1S/C15H16ClN3O4/c1-22-12-6-10-11(17-8-18-14(10)16)7-13(12)23-9-2-4-19(5-3-9)15(20)21/h6-9H,2-5H2,1H3,(H,20,21). The first-order chi connectivity index (χ1) is 11.1. The molecule has 0 atom stereocenters. The molecule has 1 fully saturated rings. The summed E-state index contributed by atoms with van der Waals surface area (Å²) in [7, 11) is 1.55. The fourth-order valence-electron chi connectivity index (χ4n) is 2.63. The van der Waals surface area contributed by atoms with Crippen molar-refractivity contribution in [1.82, 2.24) is 14.9 Å². The number of likely N-dealkylation sites (tertiary alicyclic amines) is 1. The molecule has 0 aliphatic carbocycles. The number of benzene rings is 1. The first-order valence-electron chi connectivity index (χ1n) is 7.21. The molecule has 2 heterocycles. The summed E-state index contributed by atoms with van der Waals surface area (Å²) in [6.07, 6.45) is 1.72. The third-order valence-corrected chi connectivity index (χ3v) is 4.18. The number of carbonyl (C=O) groups is 1. The van der Waals surface area contributed by atoms with Crippen LogP contribution < -0.4 is 9.47 Å². The fourth-order valence-corrected chi connectivity index (χ4v) is 2.82. The molecule has 1 amide bonds. The van der Waals surface area contributed by atoms with E-state index in [0.29, 0.717) is 53.5 Å². The van der Waals surface area contributed by atoms with Crippen molar-refractivity contribution in [3.8, 4) is 11.5 Å². The van der Waals surface area contributed by atoms with Gasteiger partial charge in [-0.3, -0.25) is 0 Å². The highest BCUT2D eigenvalue weighted by molar-refractivity contribution is 6.34. The zero-order valence-corrected chi connectivity index (χ0v) is 13.3. The van der Waals surface area contributed by atoms with Gasteiger partial charge in [-0.05, 0) is 6.07 Å². The van der Waals surface area contributed by atoms with E-state index in [9.17, 15) is 4.79 Å². The maximum Gasteiger partial charge on any atom is 0.407 e. The molecular weight excluding hydrogens is 322 g/mol. The van der Waals surface area contributed by atoms with Gasteiger partial charge in [-0.2, -0.15) is 0 Å². The second kappa shape index (κ2) is 6.45. The lowest BCUT2D eigenvalue weighted by molar-refractivity contribution is 0.0879. The van der Waals surface area contributed by atoms with Crippen LogP contribution in [-0.4, -0.2) is 52.4 Å². The van der Waals surface area contributed by atoms with Crippen LogP contribution in [0.2, 0.25) is 5.15 Å². The molecule has 23 heavy (non-hydrogen) atoms. The zero-order chi connectivity index (χ0) is 16.4. The first kappa shape index (κ1) is 15.6. The van der Waals surface area contributed by atoms with E-state index in [2.05, 4.69) is 9.97 Å². The number of aromatic nitrogens is 2. The second-order valence-corrected chi connectivity index (χ2v) is 5.63. The van der Waals surface area contributed by atoms with Crippen molar-refractivity contribution in [2.24, 2.45) is 0 Å². The van der Waals surface area contributed by atoms with Gasteiger partial charge in [-0.1, -0.05) is 11.6 Å². The topological polar surface area (TPSA) is 84.8 Å². The largest absolute Gasteiger partial charge is 0.493 e. The average Bonchev–Trinajstić information content (AvgIpc) is 2.55. The number of piperidine rings is 1. The molecule has 2 aromatic rings. The Morgan fingerprint density at radius 3 is 2.70 bits per heavy atom. The van der Waals surface area contributed by atoms with Gasteiger partial charge in [0, 0.05) is 37.4 Å². The molecule has 3 rings (SSSR count). The number of methoxy groups -OCH3 is 1. The predicted molar refractivity (Wildman–Crippen MR) is 84.3 cm³/mol. The van der Waals surface area contributed by atoms with Crippen molar-refractivity contribution in [3.05, 3.63) is 23.6 Å². The summed E-state index contributed by atoms with van der Waals surface area (Å²) in [5, 5.41) is 10.0. The minimum atomic E-state index is -0.891. The van der Waals surface area contributed by atoms with Crippen molar-refractivity contribution in [2.75, 3.05) is 20.2 Å². The van der Waals surface area contributed by atoms with Crippen LogP contribution in [0, 0.1) is 0 Å². The third kappa shape index (κ3) is 3.24. The Labute approximate surface area is 137 Å². The molecule has 1 aromatic carbocycles. The highest BCUT2D eigenvalue weighted by Gasteiger charge is 2.24. The van der Waals surface area contributed by atoms with Crippen LogP contribution in [0.15, 0.2) is 18.5 Å². The fraction of sp³-hybridized carbons (Fsp3) is 0.400. The van der Waals surface area contributed by atoms with Gasteiger partial charge in [0.05, 0.1) is 12.6 Å². The van der Waals surface area contributed by atoms with E-state index < -0.39 is 6.09 Å². The molecule has 1 aliphatic rings. The van der Waals surface area contributed by atoms with Gasteiger partial charge in [0.25, 0.3) is 0 Å². The van der Waals surface area contributed by atoms with Crippen molar-refractivity contribution in [1.29, 1.82) is 0 Å². The van der Waals surface area contributed by atoms with Crippen LogP contribution in [0.5, 0.6) is 11.5 Å². The van der Waals surface area contributed by atoms with Crippen molar-refractivity contribution in [2.45, 2.75) is 18.9 Å². The molecule has 0 saturated carbocycles. The lowest BCUT2D eigenvalue weighted by atomic mass is 10.1. The summed E-state index contributed by atoms with van der Waals surface area (Å²) in [5.74, 6) is 1.12. The van der Waals surface area contributed by atoms with E-state index in [-0.39, 0.29) is 6.10 Å². The van der Waals surface area contributed by atoms with Gasteiger partial charge in [-0.25, -0.2) is 14.8 Å². The number of carboxylic acid groups (broad SMARTS) is 1. The Morgan fingerprint density at radius 1 is 1.30 bits per heavy atom. The number of hydrogen-bond donors (Lipinski definition) is 1. The molecule has 8 heteroatoms. The third-order valence-electron chi connectivity index (χ3n) is 3.88. The molecular formula is C15H16ClN3O4. The highest BCUT2D eigenvalue weighted by Crippen LogP contribution is 2.35. The maximum atomic E-state index is 10.9. The molecule has 1 N–H and O–H groups in total. The predicted octanol–water partition coefficient (Wildman–Crippen LogP) is 2.81. The Morgan fingerprint density at radius 2 is 2.04 bits per heavy atom. The molecule has 122 valence electrons. The van der Waals surface area contributed by atoms with Crippen LogP contribution >= 0.6 is 11.6 Å². The Balaban J connectivity index is 1.81. The molecule has 1 aromatic heterocycles. The van der Waals surface area contributed by atoms with Gasteiger partial charge in [0.2, 0.25) is 0 Å². The normalized spacial score (nSPS) is 15.7. The summed E-state index contributed by atoms with van der Waals surface area (Å²) in [5.41, 5.74) is 0.670. The number of fused-ring (bicyclic) bond motifs is 1. The summed E-state index contributed by atoms with van der Waals surface area (Å²) in [6, 6.07) is 3.52. The quantitative estimate of drug-likeness (QED) is 0.867. The monoisotopic (exact) mass is 337 g/mol. The van der Waals surface area contributed by atoms with Crippen LogP contribution in [0.25, 0.3) is 10.9 Å². The van der Waals surface area contributed by atoms with E-state index in [4.69, 9.17) is 26.2 Å². The van der Waals surface area contributed by atoms with Crippen LogP contribution in [-0.2, 0) is 0 Å². The van der Waals surface area contributed by atoms with Crippen molar-refractivity contribution >= 4 is 28.6 Å². The lowest BCUT2D eigenvalue weighted by Gasteiger charge is -2.30. The van der Waals surface area contributed by atoms with Crippen LogP contribution in [0.3, 0.4) is 0 Å².